The third-order valence-corrected chi connectivity index (χ3v) is 1.79. The highest BCUT2D eigenvalue weighted by Gasteiger charge is 1.90. The summed E-state index contributed by atoms with van der Waals surface area (Å²) in [6.45, 7) is 11.0. The summed E-state index contributed by atoms with van der Waals surface area (Å²) in [5.74, 6) is 0.755. The molecule has 0 aliphatic heterocycles. The summed E-state index contributed by atoms with van der Waals surface area (Å²) in [6, 6.07) is 0. The van der Waals surface area contributed by atoms with Crippen LogP contribution in [0.1, 0.15) is 40.5 Å². The van der Waals surface area contributed by atoms with Gasteiger partial charge < -0.3 is 5.32 Å². The van der Waals surface area contributed by atoms with Gasteiger partial charge in [-0.05, 0) is 25.8 Å². The van der Waals surface area contributed by atoms with Crippen molar-refractivity contribution in [3.63, 3.8) is 0 Å². The van der Waals surface area contributed by atoms with Gasteiger partial charge in [-0.1, -0.05) is 38.8 Å². The third kappa shape index (κ3) is 7.80. The molecule has 0 aliphatic rings. The van der Waals surface area contributed by atoms with Crippen LogP contribution in [0.25, 0.3) is 0 Å². The van der Waals surface area contributed by atoms with Gasteiger partial charge in [0, 0.05) is 6.54 Å². The number of rotatable bonds is 6. The zero-order valence-corrected chi connectivity index (χ0v) is 8.98. The first kappa shape index (κ1) is 11.7. The van der Waals surface area contributed by atoms with Crippen LogP contribution in [-0.2, 0) is 0 Å². The maximum Gasteiger partial charge on any atom is 0.0137 e. The van der Waals surface area contributed by atoms with Crippen LogP contribution in [0.15, 0.2) is 11.6 Å². The molecule has 0 saturated heterocycles. The lowest BCUT2D eigenvalue weighted by Crippen LogP contribution is -2.19. The molecule has 0 atom stereocenters. The van der Waals surface area contributed by atoms with E-state index in [4.69, 9.17) is 0 Å². The molecule has 72 valence electrons. The lowest BCUT2D eigenvalue weighted by atomic mass is 10.1. The van der Waals surface area contributed by atoms with Gasteiger partial charge in [0.2, 0.25) is 0 Å². The molecule has 0 rings (SSSR count). The minimum absolute atomic E-state index is 0.755. The van der Waals surface area contributed by atoms with Crippen LogP contribution >= 0.6 is 0 Å². The Morgan fingerprint density at radius 1 is 1.42 bits per heavy atom. The van der Waals surface area contributed by atoms with Gasteiger partial charge in [0.05, 0.1) is 0 Å². The van der Waals surface area contributed by atoms with Gasteiger partial charge in [-0.3, -0.25) is 0 Å². The van der Waals surface area contributed by atoms with Gasteiger partial charge in [-0.15, -0.1) is 0 Å². The molecule has 0 aromatic rings. The first-order valence-corrected chi connectivity index (χ1v) is 5.03. The Morgan fingerprint density at radius 2 is 2.08 bits per heavy atom. The van der Waals surface area contributed by atoms with E-state index in [1.54, 1.807) is 0 Å². The molecule has 0 unspecified atom stereocenters. The van der Waals surface area contributed by atoms with Crippen LogP contribution in [0.3, 0.4) is 0 Å². The van der Waals surface area contributed by atoms with Gasteiger partial charge >= 0.3 is 0 Å². The Kier molecular flexibility index (Phi) is 7.17. The molecule has 0 heterocycles. The molecule has 0 radical (unpaired) electrons. The second-order valence-corrected chi connectivity index (χ2v) is 3.85. The van der Waals surface area contributed by atoms with Crippen molar-refractivity contribution < 1.29 is 0 Å². The average Bonchev–Trinajstić information content (AvgIpc) is 1.98. The quantitative estimate of drug-likeness (QED) is 0.476. The summed E-state index contributed by atoms with van der Waals surface area (Å²) in [4.78, 5) is 0. The van der Waals surface area contributed by atoms with Crippen molar-refractivity contribution in [3.05, 3.63) is 11.6 Å². The van der Waals surface area contributed by atoms with E-state index >= 15 is 0 Å². The fraction of sp³-hybridized carbons (Fsp3) is 0.818. The molecule has 1 N–H and O–H groups in total. The zero-order chi connectivity index (χ0) is 9.40. The van der Waals surface area contributed by atoms with Crippen LogP contribution < -0.4 is 5.32 Å². The van der Waals surface area contributed by atoms with Gasteiger partial charge in [0.25, 0.3) is 0 Å². The van der Waals surface area contributed by atoms with E-state index < -0.39 is 0 Å². The molecule has 0 aromatic carbocycles. The van der Waals surface area contributed by atoms with E-state index in [1.165, 1.54) is 18.4 Å². The molecule has 1 heteroatoms. The van der Waals surface area contributed by atoms with Crippen molar-refractivity contribution in [2.75, 3.05) is 13.1 Å². The molecule has 0 aliphatic carbocycles. The second-order valence-electron chi connectivity index (χ2n) is 3.85. The van der Waals surface area contributed by atoms with Crippen LogP contribution in [0.5, 0.6) is 0 Å². The topological polar surface area (TPSA) is 12.0 Å². The Balaban J connectivity index is 3.33. The molecule has 0 spiro atoms. The van der Waals surface area contributed by atoms with Gasteiger partial charge in [-0.2, -0.15) is 0 Å². The SMILES string of the molecule is CCCC(C)=CCNCC(C)C. The minimum Gasteiger partial charge on any atom is -0.313 e. The predicted octanol–water partition coefficient (Wildman–Crippen LogP) is 2.98. The third-order valence-electron chi connectivity index (χ3n) is 1.79. The lowest BCUT2D eigenvalue weighted by Gasteiger charge is -2.05. The van der Waals surface area contributed by atoms with E-state index in [9.17, 15) is 0 Å². The van der Waals surface area contributed by atoms with Gasteiger partial charge in [0.1, 0.15) is 0 Å². The second kappa shape index (κ2) is 7.35. The van der Waals surface area contributed by atoms with Gasteiger partial charge in [0.15, 0.2) is 0 Å². The largest absolute Gasteiger partial charge is 0.313 e. The van der Waals surface area contributed by atoms with Crippen molar-refractivity contribution in [2.24, 2.45) is 5.92 Å². The summed E-state index contributed by atoms with van der Waals surface area (Å²) in [5, 5.41) is 3.40. The first-order valence-electron chi connectivity index (χ1n) is 5.03. The standard InChI is InChI=1S/C11H23N/c1-5-6-11(4)7-8-12-9-10(2)3/h7,10,12H,5-6,8-9H2,1-4H3. The Bertz CT molecular complexity index is 125. The lowest BCUT2D eigenvalue weighted by molar-refractivity contribution is 0.576. The zero-order valence-electron chi connectivity index (χ0n) is 8.98. The molecule has 0 saturated carbocycles. The smallest absolute Gasteiger partial charge is 0.0137 e. The molecular weight excluding hydrogens is 146 g/mol. The van der Waals surface area contributed by atoms with Crippen LogP contribution in [0.4, 0.5) is 0 Å². The van der Waals surface area contributed by atoms with Crippen LogP contribution in [0.2, 0.25) is 0 Å². The average molecular weight is 169 g/mol. The van der Waals surface area contributed by atoms with Crippen LogP contribution in [-0.4, -0.2) is 13.1 Å². The Labute approximate surface area is 77.2 Å². The van der Waals surface area contributed by atoms with Crippen molar-refractivity contribution in [1.29, 1.82) is 0 Å². The molecular formula is C11H23N. The van der Waals surface area contributed by atoms with Crippen molar-refractivity contribution in [3.8, 4) is 0 Å². The van der Waals surface area contributed by atoms with Crippen LogP contribution in [0, 0.1) is 5.92 Å². The highest BCUT2D eigenvalue weighted by molar-refractivity contribution is 4.98. The maximum absolute atomic E-state index is 3.40. The molecule has 12 heavy (non-hydrogen) atoms. The highest BCUT2D eigenvalue weighted by atomic mass is 14.8. The monoisotopic (exact) mass is 169 g/mol. The van der Waals surface area contributed by atoms with E-state index in [-0.39, 0.29) is 0 Å². The number of hydrogen-bond acceptors (Lipinski definition) is 1. The summed E-state index contributed by atoms with van der Waals surface area (Å²) in [6.07, 6.45) is 4.79. The van der Waals surface area contributed by atoms with Gasteiger partial charge in [-0.25, -0.2) is 0 Å². The molecule has 0 bridgehead atoms. The molecule has 0 amide bonds. The molecule has 0 fully saturated rings. The maximum atomic E-state index is 3.40. The summed E-state index contributed by atoms with van der Waals surface area (Å²) in [7, 11) is 0. The normalized spacial score (nSPS) is 12.6. The van der Waals surface area contributed by atoms with E-state index in [0.717, 1.165) is 19.0 Å². The van der Waals surface area contributed by atoms with E-state index in [2.05, 4.69) is 39.1 Å². The van der Waals surface area contributed by atoms with Crippen molar-refractivity contribution >= 4 is 0 Å². The van der Waals surface area contributed by atoms with E-state index in [1.807, 2.05) is 0 Å². The number of allylic oxidation sites excluding steroid dienone is 1. The molecule has 0 aromatic heterocycles. The Morgan fingerprint density at radius 3 is 2.58 bits per heavy atom. The first-order chi connectivity index (χ1) is 5.66. The van der Waals surface area contributed by atoms with E-state index in [0.29, 0.717) is 0 Å². The summed E-state index contributed by atoms with van der Waals surface area (Å²) in [5.41, 5.74) is 1.51. The fourth-order valence-electron chi connectivity index (χ4n) is 1.11. The molecule has 1 nitrogen and oxygen atoms in total. The fourth-order valence-corrected chi connectivity index (χ4v) is 1.11. The number of hydrogen-bond donors (Lipinski definition) is 1. The highest BCUT2D eigenvalue weighted by Crippen LogP contribution is 2.01. The summed E-state index contributed by atoms with van der Waals surface area (Å²) < 4.78 is 0. The minimum atomic E-state index is 0.755. The Hall–Kier alpha value is -0.300. The van der Waals surface area contributed by atoms with Crippen molar-refractivity contribution in [2.45, 2.75) is 40.5 Å². The predicted molar refractivity (Wildman–Crippen MR) is 56.4 cm³/mol. The van der Waals surface area contributed by atoms with Crippen molar-refractivity contribution in [1.82, 2.24) is 5.32 Å². The number of nitrogens with one attached hydrogen (secondary N) is 1. The summed E-state index contributed by atoms with van der Waals surface area (Å²) >= 11 is 0.